The van der Waals surface area contributed by atoms with Crippen LogP contribution in [0.5, 0.6) is 0 Å². The summed E-state index contributed by atoms with van der Waals surface area (Å²) in [5.41, 5.74) is 11.0. The van der Waals surface area contributed by atoms with Gasteiger partial charge in [-0.1, -0.05) is 107 Å². The monoisotopic (exact) mass is 736 g/mol. The molecule has 6 heteroatoms. The molecule has 0 aromatic heterocycles. The maximum atomic E-state index is 12.0. The minimum Gasteiger partial charge on any atom is -0.462 e. The molecule has 54 heavy (non-hydrogen) atoms. The Hall–Kier alpha value is -4.00. The van der Waals surface area contributed by atoms with Gasteiger partial charge in [-0.25, -0.2) is 9.59 Å². The van der Waals surface area contributed by atoms with Crippen molar-refractivity contribution in [2.24, 2.45) is 11.8 Å². The molecule has 0 radical (unpaired) electrons. The summed E-state index contributed by atoms with van der Waals surface area (Å²) in [7, 11) is 0. The molecule has 0 heterocycles. The number of rotatable bonds is 22. The normalized spacial score (nSPS) is 15.6. The molecule has 2 N–H and O–H groups in total. The second kappa shape index (κ2) is 22.4. The lowest BCUT2D eigenvalue weighted by Crippen LogP contribution is -2.23. The Morgan fingerprint density at radius 2 is 1.26 bits per heavy atom. The lowest BCUT2D eigenvalue weighted by molar-refractivity contribution is -0.140. The fourth-order valence-electron chi connectivity index (χ4n) is 8.16. The molecule has 1 fully saturated rings. The summed E-state index contributed by atoms with van der Waals surface area (Å²) in [6.07, 6.45) is 14.8. The van der Waals surface area contributed by atoms with E-state index < -0.39 is 25.2 Å². The van der Waals surface area contributed by atoms with E-state index in [1.54, 1.807) is 0 Å². The summed E-state index contributed by atoms with van der Waals surface area (Å²) >= 11 is 0. The van der Waals surface area contributed by atoms with Crippen LogP contribution in [0.15, 0.2) is 85.0 Å². The fraction of sp³-hybridized carbons (Fsp3) is 0.500. The predicted molar refractivity (Wildman–Crippen MR) is 220 cm³/mol. The molecule has 1 aliphatic rings. The minimum absolute atomic E-state index is 0.0634. The molecular weight excluding hydrogens is 673 g/mol. The van der Waals surface area contributed by atoms with Gasteiger partial charge in [-0.2, -0.15) is 0 Å². The van der Waals surface area contributed by atoms with Crippen LogP contribution >= 0.6 is 0 Å². The molecule has 0 bridgehead atoms. The third kappa shape index (κ3) is 12.3. The lowest BCUT2D eigenvalue weighted by atomic mass is 9.70. The number of aliphatic hydroxyl groups excluding tert-OH is 2. The van der Waals surface area contributed by atoms with E-state index in [1.807, 2.05) is 0 Å². The Kier molecular flexibility index (Phi) is 17.7. The number of carbonyl (C=O) groups excluding carboxylic acids is 2. The van der Waals surface area contributed by atoms with Crippen LogP contribution in [0, 0.1) is 11.8 Å². The number of ether oxygens (including phenoxy) is 2. The van der Waals surface area contributed by atoms with Crippen LogP contribution in [0.3, 0.4) is 0 Å². The van der Waals surface area contributed by atoms with Crippen molar-refractivity contribution in [3.05, 3.63) is 107 Å². The highest BCUT2D eigenvalue weighted by Crippen LogP contribution is 2.43. The van der Waals surface area contributed by atoms with Crippen molar-refractivity contribution in [1.82, 2.24) is 0 Å². The van der Waals surface area contributed by atoms with Gasteiger partial charge in [0.15, 0.2) is 0 Å². The van der Waals surface area contributed by atoms with Crippen LogP contribution in [0.4, 0.5) is 0 Å². The van der Waals surface area contributed by atoms with Gasteiger partial charge in [0.1, 0.15) is 0 Å². The molecule has 0 aliphatic heterocycles. The maximum absolute atomic E-state index is 12.0. The molecule has 0 saturated heterocycles. The van der Waals surface area contributed by atoms with Crippen molar-refractivity contribution in [1.29, 1.82) is 0 Å². The quantitative estimate of drug-likeness (QED) is 0.0606. The van der Waals surface area contributed by atoms with Gasteiger partial charge in [0, 0.05) is 0 Å². The highest BCUT2D eigenvalue weighted by atomic mass is 16.5. The van der Waals surface area contributed by atoms with E-state index in [1.165, 1.54) is 63.8 Å². The predicted octanol–water partition coefficient (Wildman–Crippen LogP) is 10.5. The Labute approximate surface area is 324 Å². The van der Waals surface area contributed by atoms with Crippen molar-refractivity contribution < 1.29 is 29.3 Å². The van der Waals surface area contributed by atoms with E-state index in [4.69, 9.17) is 19.7 Å². The number of esters is 2. The molecule has 1 saturated carbocycles. The van der Waals surface area contributed by atoms with E-state index in [9.17, 15) is 9.59 Å². The summed E-state index contributed by atoms with van der Waals surface area (Å²) in [5.74, 6) is 0.384. The van der Waals surface area contributed by atoms with E-state index >= 15 is 0 Å². The second-order valence-electron chi connectivity index (χ2n) is 15.1. The molecule has 0 unspecified atom stereocenters. The van der Waals surface area contributed by atoms with Crippen molar-refractivity contribution >= 4 is 11.9 Å². The first-order valence-corrected chi connectivity index (χ1v) is 20.5. The summed E-state index contributed by atoms with van der Waals surface area (Å²) in [5, 5.41) is 18.3. The molecule has 0 spiro atoms. The summed E-state index contributed by atoms with van der Waals surface area (Å²) in [4.78, 5) is 23.9. The average molecular weight is 737 g/mol. The number of benzene rings is 3. The third-order valence-corrected chi connectivity index (χ3v) is 11.4. The minimum atomic E-state index is -0.551. The van der Waals surface area contributed by atoms with Gasteiger partial charge in [0.05, 0.1) is 37.6 Å². The van der Waals surface area contributed by atoms with E-state index in [0.29, 0.717) is 17.8 Å². The molecular formula is C48H64O6. The number of carbonyl (C=O) groups is 2. The van der Waals surface area contributed by atoms with Crippen molar-refractivity contribution in [2.45, 2.75) is 117 Å². The van der Waals surface area contributed by atoms with Gasteiger partial charge in [-0.15, -0.1) is 0 Å². The van der Waals surface area contributed by atoms with Crippen LogP contribution in [0.25, 0.3) is 22.3 Å². The molecule has 3 aromatic carbocycles. The lowest BCUT2D eigenvalue weighted by Gasteiger charge is -2.35. The highest BCUT2D eigenvalue weighted by molar-refractivity contribution is 5.88. The van der Waals surface area contributed by atoms with Crippen molar-refractivity contribution in [3.8, 4) is 22.3 Å². The molecule has 4 rings (SSSR count). The van der Waals surface area contributed by atoms with Crippen LogP contribution in [-0.4, -0.2) is 48.6 Å². The van der Waals surface area contributed by atoms with Crippen LogP contribution in [0.2, 0.25) is 0 Å². The van der Waals surface area contributed by atoms with Crippen molar-refractivity contribution in [2.75, 3.05) is 26.4 Å². The summed E-state index contributed by atoms with van der Waals surface area (Å²) in [6, 6.07) is 23.2. The first kappa shape index (κ1) is 42.7. The fourth-order valence-corrected chi connectivity index (χ4v) is 8.16. The first-order valence-electron chi connectivity index (χ1n) is 20.5. The smallest absolute Gasteiger partial charge is 0.335 e. The topological polar surface area (TPSA) is 93.1 Å². The first-order chi connectivity index (χ1) is 26.2. The van der Waals surface area contributed by atoms with Crippen LogP contribution in [-0.2, 0) is 38.3 Å². The van der Waals surface area contributed by atoms with Gasteiger partial charge >= 0.3 is 11.9 Å². The van der Waals surface area contributed by atoms with Crippen molar-refractivity contribution in [3.63, 3.8) is 0 Å². The Morgan fingerprint density at radius 3 is 1.81 bits per heavy atom. The zero-order valence-corrected chi connectivity index (χ0v) is 33.2. The number of aryl methyl sites for hydroxylation is 3. The third-order valence-electron chi connectivity index (χ3n) is 11.4. The number of unbranched alkanes of at least 4 members (excludes halogenated alkanes) is 2. The summed E-state index contributed by atoms with van der Waals surface area (Å²) < 4.78 is 10.6. The molecule has 1 aliphatic carbocycles. The van der Waals surface area contributed by atoms with Gasteiger partial charge in [0.25, 0.3) is 0 Å². The molecule has 292 valence electrons. The van der Waals surface area contributed by atoms with Gasteiger partial charge in [-0.05, 0) is 139 Å². The molecule has 0 amide bonds. The zero-order valence-electron chi connectivity index (χ0n) is 33.2. The number of aliphatic hydroxyl groups is 2. The van der Waals surface area contributed by atoms with E-state index in [0.717, 1.165) is 70.6 Å². The molecule has 0 atom stereocenters. The standard InChI is InChI=1S/C48H64O6/c1-6-9-10-13-36-16-26-45(37(7-2)30-36)42-23-19-41(20-24-42)44-25-27-46(38(8-3)31-44)43-21-17-40(18-22-43)39(14-11-28-53-47(51)34(4)32-49)15-12-29-54-48(52)35(5)33-50/h16,19-20,23-27,30-31,39-40,43,49-50H,4-15,17-18,21-22,28-29,32-33H2,1-3H3. The Morgan fingerprint density at radius 1 is 0.685 bits per heavy atom. The Bertz CT molecular complexity index is 1630. The van der Waals surface area contributed by atoms with Crippen LogP contribution in [0.1, 0.15) is 120 Å². The number of hydrogen-bond acceptors (Lipinski definition) is 6. The number of hydrogen-bond donors (Lipinski definition) is 2. The second-order valence-corrected chi connectivity index (χ2v) is 15.1. The van der Waals surface area contributed by atoms with Crippen LogP contribution < -0.4 is 0 Å². The SMILES string of the molecule is C=C(CO)C(=O)OCCCC(CCCOC(=O)C(=C)CO)C1CCC(c2ccc(-c3ccc(-c4ccc(CCCCC)cc4CC)cc3)cc2CC)CC1. The van der Waals surface area contributed by atoms with E-state index in [-0.39, 0.29) is 24.4 Å². The highest BCUT2D eigenvalue weighted by Gasteiger charge is 2.29. The maximum Gasteiger partial charge on any atom is 0.335 e. The molecule has 3 aromatic rings. The van der Waals surface area contributed by atoms with E-state index in [2.05, 4.69) is 94.6 Å². The Balaban J connectivity index is 1.38. The average Bonchev–Trinajstić information content (AvgIpc) is 3.22. The van der Waals surface area contributed by atoms with Gasteiger partial charge in [0.2, 0.25) is 0 Å². The zero-order chi connectivity index (χ0) is 38.9. The van der Waals surface area contributed by atoms with Gasteiger partial charge in [-0.3, -0.25) is 0 Å². The van der Waals surface area contributed by atoms with Gasteiger partial charge < -0.3 is 19.7 Å². The largest absolute Gasteiger partial charge is 0.462 e. The molecule has 6 nitrogen and oxygen atoms in total. The summed E-state index contributed by atoms with van der Waals surface area (Å²) in [6.45, 7) is 13.6.